The van der Waals surface area contributed by atoms with E-state index in [0.29, 0.717) is 0 Å². The summed E-state index contributed by atoms with van der Waals surface area (Å²) in [4.78, 5) is 9.52. The molecule has 0 saturated carbocycles. The van der Waals surface area contributed by atoms with Crippen molar-refractivity contribution in [3.63, 3.8) is 0 Å². The van der Waals surface area contributed by atoms with Gasteiger partial charge in [0.1, 0.15) is 0 Å². The van der Waals surface area contributed by atoms with Crippen molar-refractivity contribution in [3.8, 4) is 11.3 Å². The number of aromatic nitrogens is 2. The topological polar surface area (TPSA) is 25.8 Å². The summed E-state index contributed by atoms with van der Waals surface area (Å²) in [6, 6.07) is 19.2. The molecule has 2 heteroatoms. The first-order valence-corrected chi connectivity index (χ1v) is 8.69. The molecule has 0 aliphatic rings. The molecule has 0 N–H and O–H groups in total. The van der Waals surface area contributed by atoms with Gasteiger partial charge in [-0.25, -0.2) is 4.98 Å². The van der Waals surface area contributed by atoms with Gasteiger partial charge in [-0.2, -0.15) is 0 Å². The van der Waals surface area contributed by atoms with Gasteiger partial charge in [0.15, 0.2) is 0 Å². The monoisotopic (exact) mass is 326 g/mol. The second-order valence-corrected chi connectivity index (χ2v) is 7.69. The van der Waals surface area contributed by atoms with Crippen LogP contribution < -0.4 is 0 Å². The average molecular weight is 326 g/mol. The highest BCUT2D eigenvalue weighted by atomic mass is 14.7. The van der Waals surface area contributed by atoms with E-state index in [1.54, 1.807) is 0 Å². The van der Waals surface area contributed by atoms with E-state index in [-0.39, 0.29) is 5.41 Å². The van der Waals surface area contributed by atoms with E-state index in [1.165, 1.54) is 11.1 Å². The molecule has 2 nitrogen and oxygen atoms in total. The zero-order valence-corrected chi connectivity index (χ0v) is 15.2. The van der Waals surface area contributed by atoms with Gasteiger partial charge in [-0.3, -0.25) is 4.98 Å². The smallest absolute Gasteiger partial charge is 0.0972 e. The third-order valence-corrected chi connectivity index (χ3v) is 4.77. The van der Waals surface area contributed by atoms with Crippen LogP contribution in [0.2, 0.25) is 0 Å². The lowest BCUT2D eigenvalue weighted by molar-refractivity contribution is 0.586. The Balaban J connectivity index is 1.94. The Morgan fingerprint density at radius 1 is 0.800 bits per heavy atom. The number of pyridine rings is 2. The van der Waals surface area contributed by atoms with Crippen molar-refractivity contribution in [3.05, 3.63) is 71.9 Å². The van der Waals surface area contributed by atoms with Crippen LogP contribution in [0.4, 0.5) is 0 Å². The fourth-order valence-corrected chi connectivity index (χ4v) is 3.47. The zero-order chi connectivity index (χ0) is 17.6. The van der Waals surface area contributed by atoms with Crippen molar-refractivity contribution in [1.29, 1.82) is 0 Å². The molecule has 0 atom stereocenters. The molecule has 124 valence electrons. The van der Waals surface area contributed by atoms with Crippen LogP contribution in [0.25, 0.3) is 33.1 Å². The normalized spacial score (nSPS) is 12.0. The summed E-state index contributed by atoms with van der Waals surface area (Å²) in [6.07, 6.45) is 1.83. The standard InChI is InChI=1S/C23H22N2/c1-15-7-8-18(14-19(15)23(2,3)4)20-12-11-17-10-9-16-6-5-13-24-21(16)22(17)25-20/h5-14H,1-4H3. The molecule has 0 aliphatic heterocycles. The summed E-state index contributed by atoms with van der Waals surface area (Å²) in [7, 11) is 0. The predicted molar refractivity (Wildman–Crippen MR) is 106 cm³/mol. The van der Waals surface area contributed by atoms with E-state index in [1.807, 2.05) is 12.3 Å². The Bertz CT molecular complexity index is 1090. The summed E-state index contributed by atoms with van der Waals surface area (Å²) < 4.78 is 0. The van der Waals surface area contributed by atoms with Crippen molar-refractivity contribution in [2.45, 2.75) is 33.1 Å². The molecule has 0 fully saturated rings. The van der Waals surface area contributed by atoms with E-state index < -0.39 is 0 Å². The number of hydrogen-bond acceptors (Lipinski definition) is 2. The largest absolute Gasteiger partial charge is 0.254 e. The molecular weight excluding hydrogens is 304 g/mol. The molecule has 0 unspecified atom stereocenters. The van der Waals surface area contributed by atoms with Crippen molar-refractivity contribution in [2.75, 3.05) is 0 Å². The number of rotatable bonds is 1. The van der Waals surface area contributed by atoms with Crippen molar-refractivity contribution >= 4 is 21.8 Å². The third-order valence-electron chi connectivity index (χ3n) is 4.77. The first kappa shape index (κ1) is 15.8. The van der Waals surface area contributed by atoms with Gasteiger partial charge >= 0.3 is 0 Å². The fraction of sp³-hybridized carbons (Fsp3) is 0.217. The first-order chi connectivity index (χ1) is 11.9. The molecule has 0 spiro atoms. The van der Waals surface area contributed by atoms with E-state index in [0.717, 1.165) is 33.1 Å². The quantitative estimate of drug-likeness (QED) is 0.398. The lowest BCUT2D eigenvalue weighted by Gasteiger charge is -2.22. The Labute approximate surface area is 148 Å². The molecule has 2 aromatic carbocycles. The third kappa shape index (κ3) is 2.78. The van der Waals surface area contributed by atoms with Gasteiger partial charge in [0.05, 0.1) is 16.7 Å². The number of aryl methyl sites for hydroxylation is 1. The Kier molecular flexibility index (Phi) is 3.57. The molecule has 4 rings (SSSR count). The number of benzene rings is 2. The van der Waals surface area contributed by atoms with E-state index in [9.17, 15) is 0 Å². The highest BCUT2D eigenvalue weighted by Gasteiger charge is 2.17. The summed E-state index contributed by atoms with van der Waals surface area (Å²) in [6.45, 7) is 8.94. The Hall–Kier alpha value is -2.74. The second-order valence-electron chi connectivity index (χ2n) is 7.69. The highest BCUT2D eigenvalue weighted by molar-refractivity contribution is 6.03. The number of nitrogens with zero attached hydrogens (tertiary/aromatic N) is 2. The maximum atomic E-state index is 4.96. The predicted octanol–water partition coefficient (Wildman–Crippen LogP) is 6.06. The molecular formula is C23H22N2. The average Bonchev–Trinajstić information content (AvgIpc) is 2.60. The molecule has 0 saturated heterocycles. The lowest BCUT2D eigenvalue weighted by atomic mass is 9.83. The molecule has 0 bridgehead atoms. The van der Waals surface area contributed by atoms with Crippen molar-refractivity contribution in [2.24, 2.45) is 0 Å². The molecule has 0 aliphatic carbocycles. The minimum atomic E-state index is 0.116. The molecule has 4 aromatic rings. The Morgan fingerprint density at radius 2 is 1.52 bits per heavy atom. The van der Waals surface area contributed by atoms with Crippen molar-refractivity contribution in [1.82, 2.24) is 9.97 Å². The molecule has 0 radical (unpaired) electrons. The summed E-state index contributed by atoms with van der Waals surface area (Å²) in [5.74, 6) is 0. The van der Waals surface area contributed by atoms with E-state index in [2.05, 4.69) is 81.2 Å². The van der Waals surface area contributed by atoms with Crippen LogP contribution in [0.15, 0.2) is 60.8 Å². The van der Waals surface area contributed by atoms with Crippen LogP contribution in [0.5, 0.6) is 0 Å². The van der Waals surface area contributed by atoms with Gasteiger partial charge in [0, 0.05) is 22.5 Å². The molecule has 2 aromatic heterocycles. The van der Waals surface area contributed by atoms with Gasteiger partial charge in [-0.1, -0.05) is 57.2 Å². The van der Waals surface area contributed by atoms with Crippen LogP contribution >= 0.6 is 0 Å². The summed E-state index contributed by atoms with van der Waals surface area (Å²) in [5, 5.41) is 2.25. The van der Waals surface area contributed by atoms with Gasteiger partial charge in [0.2, 0.25) is 0 Å². The van der Waals surface area contributed by atoms with Crippen LogP contribution in [-0.4, -0.2) is 9.97 Å². The summed E-state index contributed by atoms with van der Waals surface area (Å²) >= 11 is 0. The zero-order valence-electron chi connectivity index (χ0n) is 15.2. The maximum absolute atomic E-state index is 4.96. The van der Waals surface area contributed by atoms with Crippen LogP contribution in [0.3, 0.4) is 0 Å². The minimum Gasteiger partial charge on any atom is -0.254 e. The fourth-order valence-electron chi connectivity index (χ4n) is 3.47. The number of fused-ring (bicyclic) bond motifs is 3. The first-order valence-electron chi connectivity index (χ1n) is 8.69. The molecule has 0 amide bonds. The van der Waals surface area contributed by atoms with E-state index in [4.69, 9.17) is 4.98 Å². The molecule has 2 heterocycles. The van der Waals surface area contributed by atoms with E-state index >= 15 is 0 Å². The highest BCUT2D eigenvalue weighted by Crippen LogP contribution is 2.31. The SMILES string of the molecule is Cc1ccc(-c2ccc3ccc4cccnc4c3n2)cc1C(C)(C)C. The van der Waals surface area contributed by atoms with Crippen LogP contribution in [-0.2, 0) is 5.41 Å². The maximum Gasteiger partial charge on any atom is 0.0972 e. The van der Waals surface area contributed by atoms with Crippen LogP contribution in [0.1, 0.15) is 31.9 Å². The number of hydrogen-bond donors (Lipinski definition) is 0. The van der Waals surface area contributed by atoms with Gasteiger partial charge in [0.25, 0.3) is 0 Å². The van der Waals surface area contributed by atoms with Gasteiger partial charge < -0.3 is 0 Å². The molecule has 25 heavy (non-hydrogen) atoms. The van der Waals surface area contributed by atoms with Gasteiger partial charge in [-0.05, 0) is 41.7 Å². The van der Waals surface area contributed by atoms with Gasteiger partial charge in [-0.15, -0.1) is 0 Å². The minimum absolute atomic E-state index is 0.116. The lowest BCUT2D eigenvalue weighted by Crippen LogP contribution is -2.13. The Morgan fingerprint density at radius 3 is 2.28 bits per heavy atom. The second kappa shape index (κ2) is 5.66. The van der Waals surface area contributed by atoms with Crippen LogP contribution in [0, 0.1) is 6.92 Å². The summed E-state index contributed by atoms with van der Waals surface area (Å²) in [5.41, 5.74) is 6.89. The van der Waals surface area contributed by atoms with Crippen molar-refractivity contribution < 1.29 is 0 Å².